The lowest BCUT2D eigenvalue weighted by Gasteiger charge is -2.30. The van der Waals surface area contributed by atoms with Gasteiger partial charge in [0.05, 0.1) is 12.0 Å². The minimum Gasteiger partial charge on any atom is -0.481 e. The monoisotopic (exact) mass is 301 g/mol. The summed E-state index contributed by atoms with van der Waals surface area (Å²) in [7, 11) is 0. The second-order valence-corrected chi connectivity index (χ2v) is 6.64. The number of nitrogens with one attached hydrogen (secondary N) is 1. The molecule has 118 valence electrons. The molecule has 2 fully saturated rings. The minimum absolute atomic E-state index is 0.222. The van der Waals surface area contributed by atoms with E-state index in [2.05, 4.69) is 5.32 Å². The van der Waals surface area contributed by atoms with Crippen LogP contribution in [-0.4, -0.2) is 50.6 Å². The molecule has 8 heteroatoms. The zero-order valence-electron chi connectivity index (χ0n) is 12.0. The van der Waals surface area contributed by atoms with E-state index in [1.54, 1.807) is 20.8 Å². The van der Waals surface area contributed by atoms with E-state index in [0.717, 1.165) is 0 Å². The number of carbonyl (C=O) groups is 3. The summed E-state index contributed by atoms with van der Waals surface area (Å²) in [4.78, 5) is 34.5. The van der Waals surface area contributed by atoms with Gasteiger partial charge in [-0.3, -0.25) is 4.79 Å². The number of fused-ring (bicyclic) bond motifs is 1. The van der Waals surface area contributed by atoms with E-state index in [0.29, 0.717) is 0 Å². The Kier molecular flexibility index (Phi) is 3.40. The lowest BCUT2D eigenvalue weighted by molar-refractivity contribution is -0.147. The van der Waals surface area contributed by atoms with Gasteiger partial charge in [-0.15, -0.1) is 0 Å². The Balaban J connectivity index is 2.21. The first kappa shape index (κ1) is 15.6. The average Bonchev–Trinajstić information content (AvgIpc) is 2.94. The third-order valence-electron chi connectivity index (χ3n) is 4.01. The quantitative estimate of drug-likeness (QED) is 0.578. The summed E-state index contributed by atoms with van der Waals surface area (Å²) < 4.78 is 5.03. The van der Waals surface area contributed by atoms with E-state index in [1.807, 2.05) is 0 Å². The summed E-state index contributed by atoms with van der Waals surface area (Å²) in [6.45, 7) is 4.89. The van der Waals surface area contributed by atoms with Crippen LogP contribution < -0.4 is 5.32 Å². The molecule has 0 radical (unpaired) electrons. The van der Waals surface area contributed by atoms with Crippen LogP contribution in [-0.2, 0) is 14.3 Å². The van der Waals surface area contributed by atoms with Crippen molar-refractivity contribution < 1.29 is 34.4 Å². The van der Waals surface area contributed by atoms with Crippen molar-refractivity contribution in [1.29, 1.82) is 0 Å². The standard InChI is InChI=1S/C13H19NO7/c1-12(2,3)21-11(20)14-13(10(18)19)4-5(15)6-7(8(6)13)9(16)17/h5-8,15H,4H2,1-3H3,(H,14,20)(H,16,17)(H,18,19)/t5?,6?,7?,8-,13?/m1/s1. The molecule has 0 heterocycles. The third kappa shape index (κ3) is 2.55. The van der Waals surface area contributed by atoms with Crippen molar-refractivity contribution in [3.63, 3.8) is 0 Å². The minimum atomic E-state index is -1.80. The number of ether oxygens (including phenoxy) is 1. The molecule has 2 aliphatic carbocycles. The zero-order chi connectivity index (χ0) is 16.2. The maximum absolute atomic E-state index is 11.8. The predicted molar refractivity (Wildman–Crippen MR) is 68.5 cm³/mol. The fourth-order valence-electron chi connectivity index (χ4n) is 3.27. The zero-order valence-corrected chi connectivity index (χ0v) is 12.0. The molecule has 0 aromatic heterocycles. The van der Waals surface area contributed by atoms with Crippen LogP contribution in [0.15, 0.2) is 0 Å². The fraction of sp³-hybridized carbons (Fsp3) is 0.769. The van der Waals surface area contributed by atoms with Crippen molar-refractivity contribution in [1.82, 2.24) is 5.32 Å². The summed E-state index contributed by atoms with van der Waals surface area (Å²) in [5, 5.41) is 30.7. The number of aliphatic hydroxyl groups is 1. The molecule has 1 amide bonds. The fourth-order valence-corrected chi connectivity index (χ4v) is 3.27. The van der Waals surface area contributed by atoms with Gasteiger partial charge in [0.15, 0.2) is 0 Å². The number of rotatable bonds is 3. The van der Waals surface area contributed by atoms with E-state index in [1.165, 1.54) is 0 Å². The number of carbonyl (C=O) groups excluding carboxylic acids is 1. The molecule has 2 rings (SSSR count). The molecule has 0 spiro atoms. The topological polar surface area (TPSA) is 133 Å². The van der Waals surface area contributed by atoms with Crippen molar-refractivity contribution in [3.8, 4) is 0 Å². The highest BCUT2D eigenvalue weighted by atomic mass is 16.6. The van der Waals surface area contributed by atoms with Gasteiger partial charge in [-0.1, -0.05) is 0 Å². The van der Waals surface area contributed by atoms with Crippen LogP contribution in [0.5, 0.6) is 0 Å². The Morgan fingerprint density at radius 3 is 2.19 bits per heavy atom. The van der Waals surface area contributed by atoms with Gasteiger partial charge in [-0.05, 0) is 20.8 Å². The van der Waals surface area contributed by atoms with Gasteiger partial charge in [0.25, 0.3) is 0 Å². The highest BCUT2D eigenvalue weighted by molar-refractivity contribution is 5.89. The highest BCUT2D eigenvalue weighted by Crippen LogP contribution is 2.62. The van der Waals surface area contributed by atoms with Crippen molar-refractivity contribution in [3.05, 3.63) is 0 Å². The molecule has 21 heavy (non-hydrogen) atoms. The highest BCUT2D eigenvalue weighted by Gasteiger charge is 2.75. The van der Waals surface area contributed by atoms with Gasteiger partial charge in [-0.2, -0.15) is 0 Å². The van der Waals surface area contributed by atoms with Crippen molar-refractivity contribution in [2.45, 2.75) is 44.4 Å². The lowest BCUT2D eigenvalue weighted by Crippen LogP contribution is -2.57. The molecule has 2 aliphatic rings. The molecule has 2 saturated carbocycles. The van der Waals surface area contributed by atoms with Crippen LogP contribution in [0.1, 0.15) is 27.2 Å². The van der Waals surface area contributed by atoms with E-state index >= 15 is 0 Å². The Hall–Kier alpha value is -1.83. The van der Waals surface area contributed by atoms with Crippen LogP contribution in [0.3, 0.4) is 0 Å². The molecule has 5 atom stereocenters. The Morgan fingerprint density at radius 2 is 1.81 bits per heavy atom. The van der Waals surface area contributed by atoms with Crippen LogP contribution in [0.25, 0.3) is 0 Å². The number of amides is 1. The van der Waals surface area contributed by atoms with Gasteiger partial charge in [-0.25, -0.2) is 9.59 Å². The van der Waals surface area contributed by atoms with Crippen LogP contribution in [0.4, 0.5) is 4.79 Å². The molecule has 0 bridgehead atoms. The first-order valence-corrected chi connectivity index (χ1v) is 6.65. The van der Waals surface area contributed by atoms with Crippen molar-refractivity contribution in [2.75, 3.05) is 0 Å². The Morgan fingerprint density at radius 1 is 1.24 bits per heavy atom. The third-order valence-corrected chi connectivity index (χ3v) is 4.01. The first-order chi connectivity index (χ1) is 9.49. The Bertz CT molecular complexity index is 497. The SMILES string of the molecule is CC(C)(C)OC(=O)NC1(C(=O)O)CC(O)C2C(C(=O)O)[C@@H]21. The second-order valence-electron chi connectivity index (χ2n) is 6.64. The second kappa shape index (κ2) is 4.59. The number of hydrogen-bond acceptors (Lipinski definition) is 5. The van der Waals surface area contributed by atoms with E-state index in [9.17, 15) is 24.6 Å². The van der Waals surface area contributed by atoms with Gasteiger partial charge < -0.3 is 25.4 Å². The van der Waals surface area contributed by atoms with E-state index in [-0.39, 0.29) is 6.42 Å². The molecular weight excluding hydrogens is 282 g/mol. The summed E-state index contributed by atoms with van der Waals surface area (Å²) in [6.07, 6.45) is -2.23. The number of aliphatic carboxylic acids is 2. The van der Waals surface area contributed by atoms with Crippen molar-refractivity contribution in [2.24, 2.45) is 17.8 Å². The van der Waals surface area contributed by atoms with Crippen LogP contribution >= 0.6 is 0 Å². The van der Waals surface area contributed by atoms with Crippen molar-refractivity contribution >= 4 is 18.0 Å². The molecule has 0 saturated heterocycles. The summed E-state index contributed by atoms with van der Waals surface area (Å²) >= 11 is 0. The molecule has 4 unspecified atom stereocenters. The number of alkyl carbamates (subject to hydrolysis) is 1. The number of aliphatic hydroxyl groups excluding tert-OH is 1. The molecule has 8 nitrogen and oxygen atoms in total. The van der Waals surface area contributed by atoms with Gasteiger partial charge in [0.1, 0.15) is 11.1 Å². The maximum atomic E-state index is 11.8. The normalized spacial score (nSPS) is 37.5. The number of carboxylic acid groups (broad SMARTS) is 2. The molecule has 4 N–H and O–H groups in total. The summed E-state index contributed by atoms with van der Waals surface area (Å²) in [5.41, 5.74) is -2.61. The van der Waals surface area contributed by atoms with Gasteiger partial charge in [0.2, 0.25) is 0 Å². The number of carboxylic acids is 2. The van der Waals surface area contributed by atoms with Gasteiger partial charge in [0, 0.05) is 18.3 Å². The molecular formula is C13H19NO7. The smallest absolute Gasteiger partial charge is 0.408 e. The summed E-state index contributed by atoms with van der Waals surface area (Å²) in [6, 6.07) is 0. The van der Waals surface area contributed by atoms with Crippen LogP contribution in [0, 0.1) is 17.8 Å². The van der Waals surface area contributed by atoms with E-state index in [4.69, 9.17) is 9.84 Å². The molecule has 0 aliphatic heterocycles. The maximum Gasteiger partial charge on any atom is 0.408 e. The lowest BCUT2D eigenvalue weighted by atomic mass is 9.89. The average molecular weight is 301 g/mol. The first-order valence-electron chi connectivity index (χ1n) is 6.65. The molecule has 0 aromatic carbocycles. The van der Waals surface area contributed by atoms with E-state index < -0.39 is 53.0 Å². The molecule has 0 aromatic rings. The number of hydrogen-bond donors (Lipinski definition) is 4. The predicted octanol–water partition coefficient (Wildman–Crippen LogP) is 0.0459. The van der Waals surface area contributed by atoms with Crippen LogP contribution in [0.2, 0.25) is 0 Å². The largest absolute Gasteiger partial charge is 0.481 e. The summed E-state index contributed by atoms with van der Waals surface area (Å²) in [5.74, 6) is -4.95. The van der Waals surface area contributed by atoms with Gasteiger partial charge >= 0.3 is 18.0 Å². The Labute approximate surface area is 121 Å².